The minimum absolute atomic E-state index is 0.0488. The fraction of sp³-hybridized carbons (Fsp3) is 0.458. The second-order valence-electron chi connectivity index (χ2n) is 8.82. The summed E-state index contributed by atoms with van der Waals surface area (Å²) in [6.45, 7) is 9.27. The van der Waals surface area contributed by atoms with Gasteiger partial charge >= 0.3 is 6.03 Å². The molecule has 2 amide bonds. The van der Waals surface area contributed by atoms with Crippen LogP contribution < -0.4 is 5.32 Å². The molecule has 0 spiro atoms. The highest BCUT2D eigenvalue weighted by molar-refractivity contribution is 5.90. The predicted molar refractivity (Wildman–Crippen MR) is 116 cm³/mol. The smallest absolute Gasteiger partial charge is 0.322 e. The van der Waals surface area contributed by atoms with Crippen LogP contribution in [0.2, 0.25) is 0 Å². The molecule has 0 aromatic heterocycles. The molecule has 1 N–H and O–H groups in total. The summed E-state index contributed by atoms with van der Waals surface area (Å²) < 4.78 is 11.6. The van der Waals surface area contributed by atoms with E-state index in [9.17, 15) is 4.79 Å². The first-order valence-corrected chi connectivity index (χ1v) is 10.1. The van der Waals surface area contributed by atoms with Crippen molar-refractivity contribution in [3.8, 4) is 0 Å². The lowest BCUT2D eigenvalue weighted by molar-refractivity contribution is -0.0773. The molecule has 1 fully saturated rings. The minimum atomic E-state index is -0.443. The number of carbonyl (C=O) groups is 1. The minimum Gasteiger partial charge on any atom is -0.380 e. The molecule has 0 aliphatic carbocycles. The Bertz CT molecular complexity index is 833. The molecule has 1 aliphatic heterocycles. The van der Waals surface area contributed by atoms with Crippen molar-refractivity contribution in [2.45, 2.75) is 64.5 Å². The number of anilines is 1. The van der Waals surface area contributed by atoms with Gasteiger partial charge in [-0.05, 0) is 45.7 Å². The van der Waals surface area contributed by atoms with Gasteiger partial charge in [-0.1, -0.05) is 48.5 Å². The Hall–Kier alpha value is -2.37. The Morgan fingerprint density at radius 1 is 1.10 bits per heavy atom. The normalized spacial score (nSPS) is 19.7. The van der Waals surface area contributed by atoms with E-state index < -0.39 is 5.60 Å². The standard InChI is InChI=1S/C24H32N2O3/c1-23(2)15-21(24(3,4)29-23)26(16-18-11-7-6-8-12-18)22(27)25-20-14-10-9-13-19(20)17-28-5/h6-14,21H,15-17H2,1-5H3,(H,25,27)/t21-/m1/s1. The van der Waals surface area contributed by atoms with E-state index in [0.29, 0.717) is 13.2 Å². The van der Waals surface area contributed by atoms with Crippen LogP contribution in [0.4, 0.5) is 10.5 Å². The van der Waals surface area contributed by atoms with Crippen molar-refractivity contribution in [3.63, 3.8) is 0 Å². The van der Waals surface area contributed by atoms with E-state index in [0.717, 1.165) is 23.2 Å². The summed E-state index contributed by atoms with van der Waals surface area (Å²) in [5.74, 6) is 0. The van der Waals surface area contributed by atoms with Gasteiger partial charge in [-0.2, -0.15) is 0 Å². The Kier molecular flexibility index (Phi) is 6.30. The number of nitrogens with zero attached hydrogens (tertiary/aromatic N) is 1. The molecule has 0 saturated carbocycles. The summed E-state index contributed by atoms with van der Waals surface area (Å²) in [7, 11) is 1.65. The van der Waals surface area contributed by atoms with E-state index in [1.807, 2.05) is 59.5 Å². The molecule has 3 rings (SSSR count). The van der Waals surface area contributed by atoms with E-state index in [1.165, 1.54) is 0 Å². The molecule has 2 aromatic carbocycles. The molecule has 0 bridgehead atoms. The van der Waals surface area contributed by atoms with Gasteiger partial charge in [0.2, 0.25) is 0 Å². The topological polar surface area (TPSA) is 50.8 Å². The van der Waals surface area contributed by atoms with Crippen molar-refractivity contribution < 1.29 is 14.3 Å². The van der Waals surface area contributed by atoms with Crippen molar-refractivity contribution in [1.82, 2.24) is 4.90 Å². The molecule has 29 heavy (non-hydrogen) atoms. The fourth-order valence-electron chi connectivity index (χ4n) is 4.23. The second kappa shape index (κ2) is 8.56. The number of rotatable bonds is 6. The zero-order valence-electron chi connectivity index (χ0n) is 18.1. The number of amides is 2. The second-order valence-corrected chi connectivity index (χ2v) is 8.82. The Balaban J connectivity index is 1.90. The van der Waals surface area contributed by atoms with Crippen LogP contribution in [0.3, 0.4) is 0 Å². The Labute approximate surface area is 174 Å². The fourth-order valence-corrected chi connectivity index (χ4v) is 4.23. The lowest BCUT2D eigenvalue weighted by Crippen LogP contribution is -2.50. The summed E-state index contributed by atoms with van der Waals surface area (Å²) in [5.41, 5.74) is 2.09. The Morgan fingerprint density at radius 2 is 1.76 bits per heavy atom. The first-order chi connectivity index (χ1) is 13.7. The largest absolute Gasteiger partial charge is 0.380 e. The van der Waals surface area contributed by atoms with Gasteiger partial charge in [-0.15, -0.1) is 0 Å². The number of urea groups is 1. The van der Waals surface area contributed by atoms with E-state index >= 15 is 0 Å². The third-order valence-electron chi connectivity index (χ3n) is 5.42. The molecular formula is C24H32N2O3. The summed E-state index contributed by atoms with van der Waals surface area (Å²) in [6.07, 6.45) is 0.778. The number of para-hydroxylation sites is 1. The van der Waals surface area contributed by atoms with Gasteiger partial charge in [0.15, 0.2) is 0 Å². The van der Waals surface area contributed by atoms with Crippen LogP contribution in [0.5, 0.6) is 0 Å². The van der Waals surface area contributed by atoms with E-state index in [4.69, 9.17) is 9.47 Å². The lowest BCUT2D eigenvalue weighted by Gasteiger charge is -2.36. The number of ether oxygens (including phenoxy) is 2. The Morgan fingerprint density at radius 3 is 2.38 bits per heavy atom. The van der Waals surface area contributed by atoms with Crippen molar-refractivity contribution in [1.29, 1.82) is 0 Å². The van der Waals surface area contributed by atoms with Crippen molar-refractivity contribution in [3.05, 3.63) is 65.7 Å². The molecule has 1 aliphatic rings. The third kappa shape index (κ3) is 5.17. The lowest BCUT2D eigenvalue weighted by atomic mass is 9.92. The van der Waals surface area contributed by atoms with E-state index in [2.05, 4.69) is 33.0 Å². The maximum absolute atomic E-state index is 13.5. The maximum atomic E-state index is 13.5. The zero-order chi connectivity index (χ0) is 21.1. The first-order valence-electron chi connectivity index (χ1n) is 10.1. The van der Waals surface area contributed by atoms with Gasteiger partial charge < -0.3 is 19.7 Å². The zero-order valence-corrected chi connectivity index (χ0v) is 18.1. The molecule has 5 nitrogen and oxygen atoms in total. The van der Waals surface area contributed by atoms with Crippen molar-refractivity contribution in [2.75, 3.05) is 12.4 Å². The van der Waals surface area contributed by atoms with Gasteiger partial charge in [-0.3, -0.25) is 0 Å². The number of nitrogens with one attached hydrogen (secondary N) is 1. The van der Waals surface area contributed by atoms with Crippen LogP contribution in [0.1, 0.15) is 45.2 Å². The number of hydrogen-bond acceptors (Lipinski definition) is 3. The summed E-state index contributed by atoms with van der Waals surface area (Å²) in [5, 5.41) is 3.11. The average Bonchev–Trinajstić information content (AvgIpc) is 2.89. The summed E-state index contributed by atoms with van der Waals surface area (Å²) >= 11 is 0. The van der Waals surface area contributed by atoms with Crippen LogP contribution in [0.25, 0.3) is 0 Å². The molecule has 2 aromatic rings. The quantitative estimate of drug-likeness (QED) is 0.729. The molecule has 0 radical (unpaired) electrons. The molecule has 0 unspecified atom stereocenters. The van der Waals surface area contributed by atoms with Gasteiger partial charge in [0.1, 0.15) is 0 Å². The predicted octanol–water partition coefficient (Wildman–Crippen LogP) is 5.21. The summed E-state index contributed by atoms with van der Waals surface area (Å²) in [6, 6.07) is 17.6. The highest BCUT2D eigenvalue weighted by atomic mass is 16.5. The maximum Gasteiger partial charge on any atom is 0.322 e. The number of benzene rings is 2. The SMILES string of the molecule is COCc1ccccc1NC(=O)N(Cc1ccccc1)[C@@H]1CC(C)(C)OC1(C)C. The molecule has 1 saturated heterocycles. The van der Waals surface area contributed by atoms with E-state index in [1.54, 1.807) is 7.11 Å². The molecular weight excluding hydrogens is 364 g/mol. The molecule has 5 heteroatoms. The van der Waals surface area contributed by atoms with Crippen molar-refractivity contribution >= 4 is 11.7 Å². The van der Waals surface area contributed by atoms with E-state index in [-0.39, 0.29) is 17.7 Å². The van der Waals surface area contributed by atoms with Gasteiger partial charge in [0.25, 0.3) is 0 Å². The van der Waals surface area contributed by atoms with Gasteiger partial charge in [0.05, 0.1) is 23.9 Å². The molecule has 1 heterocycles. The molecule has 156 valence electrons. The average molecular weight is 397 g/mol. The number of carbonyl (C=O) groups excluding carboxylic acids is 1. The number of hydrogen-bond donors (Lipinski definition) is 1. The van der Waals surface area contributed by atoms with Gasteiger partial charge in [0, 0.05) is 24.9 Å². The van der Waals surface area contributed by atoms with Crippen molar-refractivity contribution in [2.24, 2.45) is 0 Å². The number of methoxy groups -OCH3 is 1. The van der Waals surface area contributed by atoms with Gasteiger partial charge in [-0.25, -0.2) is 4.79 Å². The van der Waals surface area contributed by atoms with Crippen LogP contribution in [0.15, 0.2) is 54.6 Å². The third-order valence-corrected chi connectivity index (χ3v) is 5.42. The highest BCUT2D eigenvalue weighted by Crippen LogP contribution is 2.41. The van der Waals surface area contributed by atoms with Crippen LogP contribution in [0, 0.1) is 0 Å². The monoisotopic (exact) mass is 396 g/mol. The molecule has 1 atom stereocenters. The van der Waals surface area contributed by atoms with Crippen LogP contribution in [-0.4, -0.2) is 35.3 Å². The summed E-state index contributed by atoms with van der Waals surface area (Å²) in [4.78, 5) is 15.4. The highest BCUT2D eigenvalue weighted by Gasteiger charge is 2.49. The van der Waals surface area contributed by atoms with Crippen LogP contribution >= 0.6 is 0 Å². The van der Waals surface area contributed by atoms with Crippen LogP contribution in [-0.2, 0) is 22.6 Å². The first kappa shape index (κ1) is 21.3.